The summed E-state index contributed by atoms with van der Waals surface area (Å²) in [7, 11) is 0. The molecule has 1 aromatic heterocycles. The van der Waals surface area contributed by atoms with Crippen LogP contribution in [0.15, 0.2) is 40.9 Å². The van der Waals surface area contributed by atoms with Crippen LogP contribution in [0.25, 0.3) is 10.2 Å². The van der Waals surface area contributed by atoms with Crippen LogP contribution in [0.5, 0.6) is 0 Å². The molecule has 0 aliphatic carbocycles. The van der Waals surface area contributed by atoms with Crippen LogP contribution >= 0.6 is 38.9 Å². The Hall–Kier alpha value is -1.17. The van der Waals surface area contributed by atoms with Crippen molar-refractivity contribution in [3.63, 3.8) is 0 Å². The minimum Gasteiger partial charge on any atom is -0.328 e. The van der Waals surface area contributed by atoms with Crippen LogP contribution in [-0.4, -0.2) is 4.98 Å². The summed E-state index contributed by atoms with van der Waals surface area (Å²) in [5, 5.41) is 4.26. The number of rotatable bonds is 2. The summed E-state index contributed by atoms with van der Waals surface area (Å²) in [6.07, 6.45) is 0. The molecule has 0 amide bonds. The Morgan fingerprint density at radius 3 is 2.89 bits per heavy atom. The van der Waals surface area contributed by atoms with Crippen LogP contribution in [0.3, 0.4) is 0 Å². The van der Waals surface area contributed by atoms with Gasteiger partial charge in [-0.1, -0.05) is 29.0 Å². The van der Waals surface area contributed by atoms with Gasteiger partial charge in [0.25, 0.3) is 0 Å². The van der Waals surface area contributed by atoms with E-state index in [-0.39, 0.29) is 5.82 Å². The number of benzene rings is 2. The number of anilines is 2. The molecule has 96 valence electrons. The number of thiazole rings is 1. The van der Waals surface area contributed by atoms with Gasteiger partial charge in [0.2, 0.25) is 0 Å². The number of aromatic nitrogens is 1. The lowest BCUT2D eigenvalue weighted by molar-refractivity contribution is 0.631. The largest absolute Gasteiger partial charge is 0.328 e. The van der Waals surface area contributed by atoms with Crippen LogP contribution in [0, 0.1) is 5.82 Å². The average Bonchev–Trinajstić information content (AvgIpc) is 2.75. The fourth-order valence-corrected chi connectivity index (χ4v) is 3.14. The van der Waals surface area contributed by atoms with Gasteiger partial charge in [-0.2, -0.15) is 0 Å². The molecule has 0 unspecified atom stereocenters. The first-order valence-electron chi connectivity index (χ1n) is 5.40. The SMILES string of the molecule is Fc1cccc(Br)c1Nc1nc2cc(Cl)ccc2s1. The van der Waals surface area contributed by atoms with Gasteiger partial charge in [-0.3, -0.25) is 0 Å². The summed E-state index contributed by atoms with van der Waals surface area (Å²) in [5.41, 5.74) is 1.18. The van der Waals surface area contributed by atoms with E-state index >= 15 is 0 Å². The molecule has 19 heavy (non-hydrogen) atoms. The number of hydrogen-bond acceptors (Lipinski definition) is 3. The van der Waals surface area contributed by atoms with Crippen molar-refractivity contribution in [2.75, 3.05) is 5.32 Å². The van der Waals surface area contributed by atoms with Crippen molar-refractivity contribution >= 4 is 59.9 Å². The molecule has 0 spiro atoms. The van der Waals surface area contributed by atoms with Crippen molar-refractivity contribution in [1.82, 2.24) is 4.98 Å². The van der Waals surface area contributed by atoms with E-state index in [1.54, 1.807) is 18.2 Å². The molecule has 0 saturated heterocycles. The summed E-state index contributed by atoms with van der Waals surface area (Å²) < 4.78 is 15.4. The Bertz CT molecular complexity index is 739. The Morgan fingerprint density at radius 1 is 1.26 bits per heavy atom. The first-order valence-corrected chi connectivity index (χ1v) is 7.39. The first-order chi connectivity index (χ1) is 9.13. The minimum absolute atomic E-state index is 0.327. The number of hydrogen-bond donors (Lipinski definition) is 1. The molecule has 0 saturated carbocycles. The predicted octanol–water partition coefficient (Wildman–Crippen LogP) is 5.59. The van der Waals surface area contributed by atoms with Gasteiger partial charge < -0.3 is 5.32 Å². The van der Waals surface area contributed by atoms with E-state index in [4.69, 9.17) is 11.6 Å². The van der Waals surface area contributed by atoms with E-state index in [9.17, 15) is 4.39 Å². The van der Waals surface area contributed by atoms with Gasteiger partial charge >= 0.3 is 0 Å². The summed E-state index contributed by atoms with van der Waals surface area (Å²) in [5.74, 6) is -0.327. The zero-order valence-corrected chi connectivity index (χ0v) is 12.6. The molecule has 0 aliphatic rings. The number of para-hydroxylation sites is 1. The summed E-state index contributed by atoms with van der Waals surface area (Å²) in [6, 6.07) is 10.3. The molecule has 1 N–H and O–H groups in total. The molecule has 0 fully saturated rings. The minimum atomic E-state index is -0.327. The number of nitrogens with zero attached hydrogens (tertiary/aromatic N) is 1. The van der Waals surface area contributed by atoms with Crippen molar-refractivity contribution in [3.8, 4) is 0 Å². The van der Waals surface area contributed by atoms with Crippen LogP contribution < -0.4 is 5.32 Å². The first kappa shape index (κ1) is 12.8. The highest BCUT2D eigenvalue weighted by Gasteiger charge is 2.10. The second kappa shape index (κ2) is 5.07. The summed E-state index contributed by atoms with van der Waals surface area (Å²) in [6.45, 7) is 0. The van der Waals surface area contributed by atoms with Crippen LogP contribution in [0.1, 0.15) is 0 Å². The third-order valence-corrected chi connectivity index (χ3v) is 4.39. The molecular formula is C13H7BrClFN2S. The second-order valence-corrected chi connectivity index (χ2v) is 6.17. The van der Waals surface area contributed by atoms with Gasteiger partial charge in [0.05, 0.1) is 15.9 Å². The smallest absolute Gasteiger partial charge is 0.188 e. The number of fused-ring (bicyclic) bond motifs is 1. The predicted molar refractivity (Wildman–Crippen MR) is 82.0 cm³/mol. The van der Waals surface area contributed by atoms with Crippen LogP contribution in [0.2, 0.25) is 5.02 Å². The molecule has 3 aromatic rings. The van der Waals surface area contributed by atoms with Gasteiger partial charge in [-0.15, -0.1) is 0 Å². The highest BCUT2D eigenvalue weighted by Crippen LogP contribution is 2.33. The van der Waals surface area contributed by atoms with Crippen molar-refractivity contribution in [2.45, 2.75) is 0 Å². The zero-order chi connectivity index (χ0) is 13.4. The normalized spacial score (nSPS) is 10.9. The lowest BCUT2D eigenvalue weighted by Gasteiger charge is -2.05. The lowest BCUT2D eigenvalue weighted by Crippen LogP contribution is -1.93. The van der Waals surface area contributed by atoms with Gasteiger partial charge in [0.15, 0.2) is 5.13 Å². The maximum absolute atomic E-state index is 13.7. The Kier molecular flexibility index (Phi) is 3.43. The van der Waals surface area contributed by atoms with E-state index in [2.05, 4.69) is 26.2 Å². The molecule has 0 radical (unpaired) electrons. The monoisotopic (exact) mass is 356 g/mol. The zero-order valence-electron chi connectivity index (χ0n) is 9.45. The van der Waals surface area contributed by atoms with Gasteiger partial charge in [0, 0.05) is 9.50 Å². The van der Waals surface area contributed by atoms with E-state index in [0.717, 1.165) is 10.2 Å². The highest BCUT2D eigenvalue weighted by atomic mass is 79.9. The van der Waals surface area contributed by atoms with Crippen molar-refractivity contribution in [2.24, 2.45) is 0 Å². The third kappa shape index (κ3) is 2.59. The molecular weight excluding hydrogens is 351 g/mol. The summed E-state index contributed by atoms with van der Waals surface area (Å²) in [4.78, 5) is 4.39. The van der Waals surface area contributed by atoms with E-state index in [1.165, 1.54) is 17.4 Å². The Labute approximate surface area is 126 Å². The van der Waals surface area contributed by atoms with Crippen molar-refractivity contribution in [1.29, 1.82) is 0 Å². The Balaban J connectivity index is 2.01. The molecule has 2 aromatic carbocycles. The van der Waals surface area contributed by atoms with E-state index in [1.807, 2.05) is 12.1 Å². The molecule has 1 heterocycles. The van der Waals surface area contributed by atoms with Gasteiger partial charge in [-0.25, -0.2) is 9.37 Å². The molecule has 0 aliphatic heterocycles. The molecule has 6 heteroatoms. The standard InChI is InChI=1S/C13H7BrClFN2S/c14-8-2-1-3-9(16)12(8)18-13-17-10-6-7(15)4-5-11(10)19-13/h1-6H,(H,17,18). The van der Waals surface area contributed by atoms with E-state index < -0.39 is 0 Å². The second-order valence-electron chi connectivity index (χ2n) is 3.85. The van der Waals surface area contributed by atoms with Gasteiger partial charge in [0.1, 0.15) is 5.82 Å². The fourth-order valence-electron chi connectivity index (χ4n) is 1.68. The quantitative estimate of drug-likeness (QED) is 0.646. The maximum Gasteiger partial charge on any atom is 0.188 e. The van der Waals surface area contributed by atoms with Crippen LogP contribution in [0.4, 0.5) is 15.2 Å². The van der Waals surface area contributed by atoms with Crippen molar-refractivity contribution in [3.05, 3.63) is 51.7 Å². The number of halogens is 3. The van der Waals surface area contributed by atoms with Gasteiger partial charge in [-0.05, 0) is 46.3 Å². The highest BCUT2D eigenvalue weighted by molar-refractivity contribution is 9.10. The summed E-state index contributed by atoms with van der Waals surface area (Å²) >= 11 is 10.7. The lowest BCUT2D eigenvalue weighted by atomic mass is 10.3. The van der Waals surface area contributed by atoms with Crippen LogP contribution in [-0.2, 0) is 0 Å². The molecule has 3 rings (SSSR count). The van der Waals surface area contributed by atoms with E-state index in [0.29, 0.717) is 20.3 Å². The average molecular weight is 358 g/mol. The molecule has 0 bridgehead atoms. The third-order valence-electron chi connectivity index (χ3n) is 2.54. The molecule has 0 atom stereocenters. The fraction of sp³-hybridized carbons (Fsp3) is 0. The number of nitrogens with one attached hydrogen (secondary N) is 1. The maximum atomic E-state index is 13.7. The Morgan fingerprint density at radius 2 is 2.11 bits per heavy atom. The van der Waals surface area contributed by atoms with Crippen molar-refractivity contribution < 1.29 is 4.39 Å². The topological polar surface area (TPSA) is 24.9 Å². The molecule has 2 nitrogen and oxygen atoms in total.